The zero-order valence-electron chi connectivity index (χ0n) is 27.7. The second-order valence-corrected chi connectivity index (χ2v) is 12.7. The number of aryl methyl sites for hydroxylation is 2. The summed E-state index contributed by atoms with van der Waals surface area (Å²) in [5.74, 6) is 0.0904. The maximum Gasteiger partial charge on any atom is 0.433 e. The zero-order chi connectivity index (χ0) is 33.0. The van der Waals surface area contributed by atoms with Crippen molar-refractivity contribution in [1.82, 2.24) is 25.1 Å². The standard InChI is InChI=1S/C39H42N6O3/c1-3-32-35(34-20-12-13-23-44(34)41-32)27-21-24-43(25-22-27)26-31-36(38(46)42-45(39(47)48-2)29-16-8-5-9-17-29)30-18-10-11-19-33(30)40-37(31)28-14-6-4-7-15-28/h4-11,14-19,27H,3,12-13,20-26H2,1-2H3,(H,42,46). The number of likely N-dealkylation sites (tertiary alicyclic amines) is 1. The fourth-order valence-electron chi connectivity index (χ4n) is 7.44. The molecule has 0 saturated carbocycles. The number of amides is 2. The van der Waals surface area contributed by atoms with E-state index in [1.807, 2.05) is 72.8 Å². The minimum absolute atomic E-state index is 0.399. The van der Waals surface area contributed by atoms with Gasteiger partial charge in [0.1, 0.15) is 0 Å². The Morgan fingerprint density at radius 3 is 2.35 bits per heavy atom. The molecule has 48 heavy (non-hydrogen) atoms. The number of hydrogen-bond acceptors (Lipinski definition) is 6. The van der Waals surface area contributed by atoms with Crippen LogP contribution >= 0.6 is 0 Å². The Hall–Kier alpha value is -5.02. The smallest absolute Gasteiger partial charge is 0.433 e. The van der Waals surface area contributed by atoms with Gasteiger partial charge in [0, 0.05) is 35.3 Å². The molecule has 0 aliphatic carbocycles. The number of rotatable bonds is 7. The van der Waals surface area contributed by atoms with E-state index in [1.165, 1.54) is 36.9 Å². The number of nitrogens with one attached hydrogen (secondary N) is 1. The van der Waals surface area contributed by atoms with Crippen LogP contribution in [0.15, 0.2) is 84.9 Å². The summed E-state index contributed by atoms with van der Waals surface area (Å²) >= 11 is 0. The number of benzene rings is 3. The predicted molar refractivity (Wildman–Crippen MR) is 188 cm³/mol. The molecule has 9 heteroatoms. The van der Waals surface area contributed by atoms with Gasteiger partial charge in [0.05, 0.1) is 35.3 Å². The maximum atomic E-state index is 14.5. The first kappa shape index (κ1) is 31.6. The van der Waals surface area contributed by atoms with E-state index in [4.69, 9.17) is 14.8 Å². The summed E-state index contributed by atoms with van der Waals surface area (Å²) in [6.45, 7) is 5.60. The van der Waals surface area contributed by atoms with E-state index in [1.54, 1.807) is 12.1 Å². The van der Waals surface area contributed by atoms with Crippen molar-refractivity contribution in [3.05, 3.63) is 113 Å². The first-order valence-corrected chi connectivity index (χ1v) is 17.1. The van der Waals surface area contributed by atoms with Crippen molar-refractivity contribution < 1.29 is 14.3 Å². The molecule has 2 aromatic heterocycles. The summed E-state index contributed by atoms with van der Waals surface area (Å²) < 4.78 is 7.35. The number of hydrogen-bond donors (Lipinski definition) is 1. The van der Waals surface area contributed by atoms with Crippen molar-refractivity contribution in [3.63, 3.8) is 0 Å². The Morgan fingerprint density at radius 2 is 1.62 bits per heavy atom. The first-order chi connectivity index (χ1) is 23.6. The van der Waals surface area contributed by atoms with Crippen molar-refractivity contribution in [2.45, 2.75) is 64.5 Å². The van der Waals surface area contributed by atoms with E-state index in [9.17, 15) is 9.59 Å². The third kappa shape index (κ3) is 6.18. The number of carbonyl (C=O) groups excluding carboxylic acids is 2. The van der Waals surface area contributed by atoms with Crippen LogP contribution in [0.5, 0.6) is 0 Å². The number of fused-ring (bicyclic) bond motifs is 2. The SMILES string of the molecule is CCc1nn2c(c1C1CCN(Cc3c(-c4ccccc4)nc4ccccc4c3C(=O)NN(C(=O)OC)c3ccccc3)CC1)CCCC2. The molecule has 1 N–H and O–H groups in total. The molecule has 4 heterocycles. The predicted octanol–water partition coefficient (Wildman–Crippen LogP) is 7.29. The average Bonchev–Trinajstić information content (AvgIpc) is 3.53. The van der Waals surface area contributed by atoms with Gasteiger partial charge in [-0.1, -0.05) is 73.7 Å². The molecule has 7 rings (SSSR count). The second-order valence-electron chi connectivity index (χ2n) is 12.7. The number of anilines is 1. The summed E-state index contributed by atoms with van der Waals surface area (Å²) in [7, 11) is 1.30. The molecule has 1 fully saturated rings. The van der Waals surface area contributed by atoms with E-state index in [2.05, 4.69) is 21.9 Å². The summed E-state index contributed by atoms with van der Waals surface area (Å²) in [4.78, 5) is 35.1. The molecule has 0 unspecified atom stereocenters. The Labute approximate surface area is 281 Å². The van der Waals surface area contributed by atoms with Crippen molar-refractivity contribution in [3.8, 4) is 11.3 Å². The maximum absolute atomic E-state index is 14.5. The number of pyridine rings is 1. The quantitative estimate of drug-likeness (QED) is 0.188. The highest BCUT2D eigenvalue weighted by Crippen LogP contribution is 2.37. The summed E-state index contributed by atoms with van der Waals surface area (Å²) in [6, 6.07) is 26.7. The van der Waals surface area contributed by atoms with E-state index < -0.39 is 12.0 Å². The number of hydrazine groups is 1. The Morgan fingerprint density at radius 1 is 0.917 bits per heavy atom. The minimum Gasteiger partial charge on any atom is -0.451 e. The molecule has 246 valence electrons. The molecular formula is C39H42N6O3. The molecule has 3 aromatic carbocycles. The number of methoxy groups -OCH3 is 1. The molecule has 0 atom stereocenters. The lowest BCUT2D eigenvalue weighted by atomic mass is 9.85. The van der Waals surface area contributed by atoms with Crippen LogP contribution in [0, 0.1) is 0 Å². The van der Waals surface area contributed by atoms with E-state index in [0.717, 1.165) is 72.5 Å². The van der Waals surface area contributed by atoms with Gasteiger partial charge < -0.3 is 4.74 Å². The van der Waals surface area contributed by atoms with Gasteiger partial charge >= 0.3 is 6.09 Å². The number of carbonyl (C=O) groups is 2. The van der Waals surface area contributed by atoms with Crippen LogP contribution in [-0.2, 0) is 30.7 Å². The fourth-order valence-corrected chi connectivity index (χ4v) is 7.44. The molecule has 1 saturated heterocycles. The summed E-state index contributed by atoms with van der Waals surface area (Å²) in [5.41, 5.74) is 11.4. The Bertz CT molecular complexity index is 1920. The van der Waals surface area contributed by atoms with Gasteiger partial charge in [0.15, 0.2) is 0 Å². The van der Waals surface area contributed by atoms with Crippen LogP contribution in [-0.4, -0.2) is 51.9 Å². The number of para-hydroxylation sites is 2. The van der Waals surface area contributed by atoms with Gasteiger partial charge in [0.2, 0.25) is 0 Å². The van der Waals surface area contributed by atoms with Gasteiger partial charge in [-0.3, -0.25) is 19.8 Å². The molecule has 2 aliphatic heterocycles. The largest absolute Gasteiger partial charge is 0.451 e. The van der Waals surface area contributed by atoms with Crippen LogP contribution < -0.4 is 10.4 Å². The fraction of sp³-hybridized carbons (Fsp3) is 0.333. The molecule has 2 amide bonds. The molecule has 0 bridgehead atoms. The topological polar surface area (TPSA) is 92.6 Å². The van der Waals surface area contributed by atoms with Crippen molar-refractivity contribution in [2.24, 2.45) is 0 Å². The molecule has 9 nitrogen and oxygen atoms in total. The minimum atomic E-state index is -0.686. The van der Waals surface area contributed by atoms with E-state index >= 15 is 0 Å². The monoisotopic (exact) mass is 642 g/mol. The highest BCUT2D eigenvalue weighted by molar-refractivity contribution is 6.10. The van der Waals surface area contributed by atoms with Crippen LogP contribution in [0.3, 0.4) is 0 Å². The average molecular weight is 643 g/mol. The van der Waals surface area contributed by atoms with Gasteiger partial charge in [0.25, 0.3) is 5.91 Å². The van der Waals surface area contributed by atoms with Crippen molar-refractivity contribution in [2.75, 3.05) is 25.2 Å². The second kappa shape index (κ2) is 14.0. The lowest BCUT2D eigenvalue weighted by molar-refractivity contribution is 0.0940. The normalized spacial score (nSPS) is 15.2. The van der Waals surface area contributed by atoms with Crippen molar-refractivity contribution in [1.29, 1.82) is 0 Å². The van der Waals surface area contributed by atoms with Crippen LogP contribution in [0.25, 0.3) is 22.2 Å². The third-order valence-corrected chi connectivity index (χ3v) is 9.77. The molecule has 5 aromatic rings. The van der Waals surface area contributed by atoms with E-state index in [-0.39, 0.29) is 0 Å². The van der Waals surface area contributed by atoms with Crippen LogP contribution in [0.2, 0.25) is 0 Å². The summed E-state index contributed by atoms with van der Waals surface area (Å²) in [5, 5.41) is 6.91. The van der Waals surface area contributed by atoms with Crippen LogP contribution in [0.4, 0.5) is 10.5 Å². The number of aromatic nitrogens is 3. The van der Waals surface area contributed by atoms with E-state index in [0.29, 0.717) is 29.2 Å². The Balaban J connectivity index is 1.25. The highest BCUT2D eigenvalue weighted by Gasteiger charge is 2.31. The molecular weight excluding hydrogens is 600 g/mol. The Kier molecular flexibility index (Phi) is 9.20. The van der Waals surface area contributed by atoms with Gasteiger partial charge in [-0.05, 0) is 81.3 Å². The lowest BCUT2D eigenvalue weighted by Gasteiger charge is -2.34. The van der Waals surface area contributed by atoms with Gasteiger partial charge in [-0.15, -0.1) is 0 Å². The number of ether oxygens (including phenoxy) is 1. The third-order valence-electron chi connectivity index (χ3n) is 9.77. The number of piperidine rings is 1. The molecule has 0 spiro atoms. The highest BCUT2D eigenvalue weighted by atomic mass is 16.5. The van der Waals surface area contributed by atoms with Gasteiger partial charge in [-0.2, -0.15) is 10.1 Å². The first-order valence-electron chi connectivity index (χ1n) is 17.1. The van der Waals surface area contributed by atoms with Gasteiger partial charge in [-0.25, -0.2) is 9.78 Å². The van der Waals surface area contributed by atoms with Crippen LogP contribution in [0.1, 0.15) is 71.4 Å². The van der Waals surface area contributed by atoms with Crippen molar-refractivity contribution >= 4 is 28.6 Å². The summed E-state index contributed by atoms with van der Waals surface area (Å²) in [6.07, 6.45) is 5.92. The number of nitrogens with zero attached hydrogens (tertiary/aromatic N) is 5. The molecule has 0 radical (unpaired) electrons. The lowest BCUT2D eigenvalue weighted by Crippen LogP contribution is -2.47. The zero-order valence-corrected chi connectivity index (χ0v) is 27.7. The molecule has 2 aliphatic rings.